The molecule has 0 unspecified atom stereocenters. The van der Waals surface area contributed by atoms with E-state index in [0.29, 0.717) is 0 Å². The number of aromatic amines is 1. The third-order valence-electron chi connectivity index (χ3n) is 2.70. The minimum atomic E-state index is 1.06. The van der Waals surface area contributed by atoms with Crippen LogP contribution in [0.4, 0.5) is 0 Å². The summed E-state index contributed by atoms with van der Waals surface area (Å²) in [7, 11) is 0. The van der Waals surface area contributed by atoms with Gasteiger partial charge in [-0.2, -0.15) is 0 Å². The fourth-order valence-electron chi connectivity index (χ4n) is 1.86. The second kappa shape index (κ2) is 5.64. The molecule has 0 fully saturated rings. The molecule has 5 heteroatoms. The maximum atomic E-state index is 3.63. The summed E-state index contributed by atoms with van der Waals surface area (Å²) in [4.78, 5) is 5.75. The van der Waals surface area contributed by atoms with Crippen LogP contribution < -0.4 is 0 Å². The van der Waals surface area contributed by atoms with Gasteiger partial charge >= 0.3 is 0 Å². The van der Waals surface area contributed by atoms with Gasteiger partial charge < -0.3 is 4.98 Å². The van der Waals surface area contributed by atoms with Crippen molar-refractivity contribution in [3.05, 3.63) is 56.0 Å². The summed E-state index contributed by atoms with van der Waals surface area (Å²) >= 11 is 12.3. The minimum Gasteiger partial charge on any atom is -0.360 e. The first-order chi connectivity index (χ1) is 9.13. The fraction of sp³-hybridized carbons (Fsp3) is 0. The van der Waals surface area contributed by atoms with Gasteiger partial charge in [0.2, 0.25) is 0 Å². The van der Waals surface area contributed by atoms with E-state index in [9.17, 15) is 0 Å². The summed E-state index contributed by atoms with van der Waals surface area (Å²) in [5.74, 6) is 0. The lowest BCUT2D eigenvalue weighted by Crippen LogP contribution is -1.75. The van der Waals surface area contributed by atoms with Gasteiger partial charge in [-0.15, -0.1) is 0 Å². The van der Waals surface area contributed by atoms with Crippen molar-refractivity contribution < 1.29 is 0 Å². The number of hydrogen-bond acceptors (Lipinski definition) is 1. The molecule has 0 saturated heterocycles. The summed E-state index contributed by atoms with van der Waals surface area (Å²) in [5, 5.41) is 1.22. The molecule has 96 valence electrons. The van der Waals surface area contributed by atoms with Crippen LogP contribution in [0.5, 0.6) is 0 Å². The molecule has 1 heterocycles. The van der Waals surface area contributed by atoms with Crippen LogP contribution in [0.3, 0.4) is 0 Å². The van der Waals surface area contributed by atoms with Gasteiger partial charge in [-0.3, -0.25) is 0 Å². The maximum absolute atomic E-state index is 3.63. The van der Waals surface area contributed by atoms with E-state index in [4.69, 9.17) is 0 Å². The molecule has 0 saturated carbocycles. The molecule has 1 nitrogen and oxygen atoms in total. The van der Waals surface area contributed by atoms with Gasteiger partial charge in [-0.1, -0.05) is 59.6 Å². The Bertz CT molecular complexity index is 734. The molecule has 0 aliphatic carbocycles. The molecule has 3 rings (SSSR count). The molecular formula is C14H8Br3NS. The minimum absolute atomic E-state index is 1.06. The first kappa shape index (κ1) is 13.7. The van der Waals surface area contributed by atoms with E-state index in [2.05, 4.69) is 95.4 Å². The summed E-state index contributed by atoms with van der Waals surface area (Å²) in [6.45, 7) is 0. The molecule has 0 radical (unpaired) electrons. The first-order valence-corrected chi connectivity index (χ1v) is 8.72. The van der Waals surface area contributed by atoms with Crippen LogP contribution in [0.25, 0.3) is 10.9 Å². The number of halogens is 3. The molecule has 0 bridgehead atoms. The molecule has 1 N–H and O–H groups in total. The van der Waals surface area contributed by atoms with Crippen molar-refractivity contribution in [3.63, 3.8) is 0 Å². The van der Waals surface area contributed by atoms with E-state index in [1.807, 2.05) is 0 Å². The number of benzene rings is 2. The highest BCUT2D eigenvalue weighted by Crippen LogP contribution is 2.38. The highest BCUT2D eigenvalue weighted by atomic mass is 79.9. The standard InChI is InChI=1S/C14H8Br3NS/c15-8-1-3-10(4-2-8)19-13-7-18-12-6-9(16)5-11(17)14(12)13/h1-7,18H. The third-order valence-corrected chi connectivity index (χ3v) is 5.36. The Morgan fingerprint density at radius 2 is 1.63 bits per heavy atom. The van der Waals surface area contributed by atoms with Gasteiger partial charge in [-0.25, -0.2) is 0 Å². The van der Waals surface area contributed by atoms with E-state index in [1.165, 1.54) is 15.2 Å². The number of fused-ring (bicyclic) bond motifs is 1. The van der Waals surface area contributed by atoms with Gasteiger partial charge in [0.05, 0.1) is 0 Å². The molecule has 0 amide bonds. The summed E-state index contributed by atoms with van der Waals surface area (Å²) in [5.41, 5.74) is 1.13. The van der Waals surface area contributed by atoms with Crippen molar-refractivity contribution in [1.29, 1.82) is 0 Å². The van der Waals surface area contributed by atoms with Crippen LogP contribution >= 0.6 is 59.6 Å². The van der Waals surface area contributed by atoms with Crippen LogP contribution in [0, 0.1) is 0 Å². The summed E-state index contributed by atoms with van der Waals surface area (Å²) in [6.07, 6.45) is 2.05. The zero-order chi connectivity index (χ0) is 13.4. The van der Waals surface area contributed by atoms with Crippen LogP contribution in [0.1, 0.15) is 0 Å². The van der Waals surface area contributed by atoms with Crippen LogP contribution in [0.2, 0.25) is 0 Å². The lowest BCUT2D eigenvalue weighted by Gasteiger charge is -2.02. The quantitative estimate of drug-likeness (QED) is 0.454. The van der Waals surface area contributed by atoms with E-state index in [1.54, 1.807) is 11.8 Å². The van der Waals surface area contributed by atoms with Gasteiger partial charge in [-0.05, 0) is 36.4 Å². The average molecular weight is 462 g/mol. The number of nitrogens with one attached hydrogen (secondary N) is 1. The van der Waals surface area contributed by atoms with Crippen LogP contribution in [-0.2, 0) is 0 Å². The van der Waals surface area contributed by atoms with E-state index in [0.717, 1.165) is 18.9 Å². The van der Waals surface area contributed by atoms with Crippen LogP contribution in [0.15, 0.2) is 65.8 Å². The lowest BCUT2D eigenvalue weighted by molar-refractivity contribution is 1.39. The van der Waals surface area contributed by atoms with E-state index < -0.39 is 0 Å². The van der Waals surface area contributed by atoms with Crippen molar-refractivity contribution in [2.24, 2.45) is 0 Å². The zero-order valence-electron chi connectivity index (χ0n) is 9.58. The Labute approximate surface area is 140 Å². The molecule has 2 aromatic carbocycles. The van der Waals surface area contributed by atoms with Crippen molar-refractivity contribution in [2.45, 2.75) is 9.79 Å². The molecule has 19 heavy (non-hydrogen) atoms. The monoisotopic (exact) mass is 459 g/mol. The number of H-pyrrole nitrogens is 1. The number of rotatable bonds is 2. The lowest BCUT2D eigenvalue weighted by atomic mass is 10.2. The Morgan fingerprint density at radius 1 is 0.895 bits per heavy atom. The molecule has 3 aromatic rings. The largest absolute Gasteiger partial charge is 0.360 e. The predicted molar refractivity (Wildman–Crippen MR) is 92.0 cm³/mol. The van der Waals surface area contributed by atoms with E-state index >= 15 is 0 Å². The molecular weight excluding hydrogens is 454 g/mol. The topological polar surface area (TPSA) is 15.8 Å². The number of aromatic nitrogens is 1. The van der Waals surface area contributed by atoms with Crippen molar-refractivity contribution >= 4 is 70.5 Å². The average Bonchev–Trinajstić information content (AvgIpc) is 2.75. The predicted octanol–water partition coefficient (Wildman–Crippen LogP) is 6.61. The Balaban J connectivity index is 2.04. The van der Waals surface area contributed by atoms with Crippen LogP contribution in [-0.4, -0.2) is 4.98 Å². The van der Waals surface area contributed by atoms with Gasteiger partial charge in [0.25, 0.3) is 0 Å². The van der Waals surface area contributed by atoms with Crippen molar-refractivity contribution in [2.75, 3.05) is 0 Å². The normalized spacial score (nSPS) is 11.1. The first-order valence-electron chi connectivity index (χ1n) is 5.53. The smallest absolute Gasteiger partial charge is 0.0488 e. The van der Waals surface area contributed by atoms with Gasteiger partial charge in [0.1, 0.15) is 0 Å². The SMILES string of the molecule is Brc1ccc(Sc2c[nH]c3cc(Br)cc(Br)c23)cc1. The zero-order valence-corrected chi connectivity index (χ0v) is 15.2. The summed E-state index contributed by atoms with van der Waals surface area (Å²) in [6, 6.07) is 12.5. The second-order valence-electron chi connectivity index (χ2n) is 4.02. The highest BCUT2D eigenvalue weighted by Gasteiger charge is 2.09. The maximum Gasteiger partial charge on any atom is 0.0488 e. The van der Waals surface area contributed by atoms with Crippen molar-refractivity contribution in [3.8, 4) is 0 Å². The fourth-order valence-corrected chi connectivity index (χ4v) is 4.66. The molecule has 0 spiro atoms. The Hall–Kier alpha value is -0.230. The van der Waals surface area contributed by atoms with E-state index in [-0.39, 0.29) is 0 Å². The molecule has 0 atom stereocenters. The second-order valence-corrected chi connectivity index (χ2v) is 7.82. The Morgan fingerprint density at radius 3 is 2.37 bits per heavy atom. The Kier molecular flexibility index (Phi) is 4.08. The van der Waals surface area contributed by atoms with Gasteiger partial charge in [0.15, 0.2) is 0 Å². The molecule has 1 aromatic heterocycles. The molecule has 0 aliphatic rings. The van der Waals surface area contributed by atoms with Crippen molar-refractivity contribution in [1.82, 2.24) is 4.98 Å². The van der Waals surface area contributed by atoms with Gasteiger partial charge in [0, 0.05) is 40.3 Å². The summed E-state index contributed by atoms with van der Waals surface area (Å²) < 4.78 is 3.26. The highest BCUT2D eigenvalue weighted by molar-refractivity contribution is 9.11. The number of hydrogen-bond donors (Lipinski definition) is 1. The molecule has 0 aliphatic heterocycles. The third kappa shape index (κ3) is 2.94.